The molecule has 0 amide bonds. The molecule has 1 rings (SSSR count). The lowest BCUT2D eigenvalue weighted by Gasteiger charge is -2.22. The average molecular weight is 196 g/mol. The standard InChI is InChI=1S/C11H16O3/c1-5-8-6-9(12-2)11(14-4)10(7-8)13-3/h5-6,8H,1,7H2,2-4H3. The molecule has 0 saturated carbocycles. The van der Waals surface area contributed by atoms with Crippen LogP contribution in [-0.2, 0) is 14.2 Å². The third-order valence-corrected chi connectivity index (χ3v) is 2.24. The maximum Gasteiger partial charge on any atom is 0.198 e. The minimum Gasteiger partial charge on any atom is -0.497 e. The van der Waals surface area contributed by atoms with Crippen LogP contribution in [0.25, 0.3) is 0 Å². The Balaban J connectivity index is 3.01. The Hall–Kier alpha value is -1.38. The molecule has 0 fully saturated rings. The summed E-state index contributed by atoms with van der Waals surface area (Å²) >= 11 is 0. The van der Waals surface area contributed by atoms with Crippen molar-refractivity contribution >= 4 is 0 Å². The number of hydrogen-bond acceptors (Lipinski definition) is 3. The van der Waals surface area contributed by atoms with E-state index in [9.17, 15) is 0 Å². The van der Waals surface area contributed by atoms with Crippen LogP contribution in [0.1, 0.15) is 6.42 Å². The predicted octanol–water partition coefficient (Wildman–Crippen LogP) is 2.23. The molecule has 3 nitrogen and oxygen atoms in total. The molecule has 0 aromatic rings. The van der Waals surface area contributed by atoms with Crippen LogP contribution in [0.2, 0.25) is 0 Å². The van der Waals surface area contributed by atoms with Crippen LogP contribution in [0.5, 0.6) is 0 Å². The molecule has 1 unspecified atom stereocenters. The molecule has 1 aliphatic rings. The fourth-order valence-electron chi connectivity index (χ4n) is 1.48. The Bertz CT molecular complexity index is 276. The maximum absolute atomic E-state index is 5.24. The van der Waals surface area contributed by atoms with Crippen molar-refractivity contribution in [3.05, 3.63) is 36.0 Å². The second kappa shape index (κ2) is 4.74. The fourth-order valence-corrected chi connectivity index (χ4v) is 1.48. The summed E-state index contributed by atoms with van der Waals surface area (Å²) in [5.74, 6) is 2.43. The van der Waals surface area contributed by atoms with Crippen molar-refractivity contribution in [2.24, 2.45) is 5.92 Å². The number of rotatable bonds is 4. The van der Waals surface area contributed by atoms with Crippen LogP contribution in [0.3, 0.4) is 0 Å². The molecular formula is C11H16O3. The van der Waals surface area contributed by atoms with Crippen LogP contribution in [0.15, 0.2) is 36.0 Å². The first-order valence-electron chi connectivity index (χ1n) is 4.46. The first-order chi connectivity index (χ1) is 6.76. The molecule has 0 heterocycles. The summed E-state index contributed by atoms with van der Waals surface area (Å²) in [7, 11) is 4.85. The van der Waals surface area contributed by atoms with Crippen molar-refractivity contribution in [1.82, 2.24) is 0 Å². The maximum atomic E-state index is 5.24. The van der Waals surface area contributed by atoms with Crippen molar-refractivity contribution in [2.45, 2.75) is 6.42 Å². The van der Waals surface area contributed by atoms with Gasteiger partial charge in [0.1, 0.15) is 5.76 Å². The summed E-state index contributed by atoms with van der Waals surface area (Å²) in [6, 6.07) is 0. The van der Waals surface area contributed by atoms with Gasteiger partial charge in [-0.05, 0) is 6.08 Å². The van der Waals surface area contributed by atoms with Crippen molar-refractivity contribution in [3.63, 3.8) is 0 Å². The van der Waals surface area contributed by atoms with Gasteiger partial charge in [0.25, 0.3) is 0 Å². The SMILES string of the molecule is C=CC1C=C(OC)C(OC)=C(OC)C1. The molecule has 0 N–H and O–H groups in total. The molecule has 1 aliphatic carbocycles. The lowest BCUT2D eigenvalue weighted by molar-refractivity contribution is 0.169. The highest BCUT2D eigenvalue weighted by molar-refractivity contribution is 5.30. The van der Waals surface area contributed by atoms with Crippen LogP contribution in [-0.4, -0.2) is 21.3 Å². The van der Waals surface area contributed by atoms with Gasteiger partial charge in [0, 0.05) is 12.3 Å². The topological polar surface area (TPSA) is 27.7 Å². The monoisotopic (exact) mass is 196 g/mol. The zero-order chi connectivity index (χ0) is 10.6. The largest absolute Gasteiger partial charge is 0.497 e. The number of ether oxygens (including phenoxy) is 3. The van der Waals surface area contributed by atoms with Crippen molar-refractivity contribution in [3.8, 4) is 0 Å². The third kappa shape index (κ3) is 1.92. The zero-order valence-electron chi connectivity index (χ0n) is 8.87. The second-order valence-electron chi connectivity index (χ2n) is 3.00. The van der Waals surface area contributed by atoms with Crippen LogP contribution in [0, 0.1) is 5.92 Å². The Morgan fingerprint density at radius 1 is 1.29 bits per heavy atom. The summed E-state index contributed by atoms with van der Waals surface area (Å²) < 4.78 is 15.7. The van der Waals surface area contributed by atoms with E-state index in [4.69, 9.17) is 14.2 Å². The van der Waals surface area contributed by atoms with Crippen LogP contribution >= 0.6 is 0 Å². The lowest BCUT2D eigenvalue weighted by atomic mass is 9.97. The first kappa shape index (κ1) is 10.7. The number of hydrogen-bond donors (Lipinski definition) is 0. The summed E-state index contributed by atoms with van der Waals surface area (Å²) in [6.07, 6.45) is 4.62. The van der Waals surface area contributed by atoms with Gasteiger partial charge in [-0.3, -0.25) is 0 Å². The van der Waals surface area contributed by atoms with E-state index in [1.807, 2.05) is 12.2 Å². The molecule has 3 heteroatoms. The van der Waals surface area contributed by atoms with Gasteiger partial charge in [-0.15, -0.1) is 6.58 Å². The Kier molecular flexibility index (Phi) is 3.63. The molecule has 0 aliphatic heterocycles. The minimum absolute atomic E-state index is 0.249. The molecule has 14 heavy (non-hydrogen) atoms. The molecule has 78 valence electrons. The normalized spacial score (nSPS) is 21.4. The third-order valence-electron chi connectivity index (χ3n) is 2.24. The summed E-state index contributed by atoms with van der Waals surface area (Å²) in [5, 5.41) is 0. The lowest BCUT2D eigenvalue weighted by Crippen LogP contribution is -2.11. The van der Waals surface area contributed by atoms with Gasteiger partial charge in [-0.25, -0.2) is 0 Å². The van der Waals surface area contributed by atoms with Gasteiger partial charge < -0.3 is 14.2 Å². The van der Waals surface area contributed by atoms with Crippen LogP contribution in [0.4, 0.5) is 0 Å². The van der Waals surface area contributed by atoms with E-state index in [0.717, 1.165) is 12.2 Å². The van der Waals surface area contributed by atoms with Gasteiger partial charge in [0.15, 0.2) is 11.5 Å². The Labute approximate surface area is 84.7 Å². The molecule has 0 bridgehead atoms. The molecular weight excluding hydrogens is 180 g/mol. The number of methoxy groups -OCH3 is 3. The van der Waals surface area contributed by atoms with E-state index >= 15 is 0 Å². The van der Waals surface area contributed by atoms with Crippen molar-refractivity contribution < 1.29 is 14.2 Å². The predicted molar refractivity (Wildman–Crippen MR) is 54.4 cm³/mol. The minimum atomic E-state index is 0.249. The number of allylic oxidation sites excluding steroid dienone is 3. The molecule has 0 saturated heterocycles. The van der Waals surface area contributed by atoms with Gasteiger partial charge in [0.2, 0.25) is 0 Å². The van der Waals surface area contributed by atoms with Crippen molar-refractivity contribution in [1.29, 1.82) is 0 Å². The highest BCUT2D eigenvalue weighted by atomic mass is 16.5. The van der Waals surface area contributed by atoms with Gasteiger partial charge >= 0.3 is 0 Å². The smallest absolute Gasteiger partial charge is 0.198 e. The molecule has 1 atom stereocenters. The highest BCUT2D eigenvalue weighted by Crippen LogP contribution is 2.30. The summed E-state index contributed by atoms with van der Waals surface area (Å²) in [4.78, 5) is 0. The zero-order valence-corrected chi connectivity index (χ0v) is 8.87. The van der Waals surface area contributed by atoms with Gasteiger partial charge in [-0.1, -0.05) is 6.08 Å². The highest BCUT2D eigenvalue weighted by Gasteiger charge is 2.22. The Morgan fingerprint density at radius 2 is 2.00 bits per heavy atom. The Morgan fingerprint density at radius 3 is 2.43 bits per heavy atom. The molecule has 0 aromatic carbocycles. The quantitative estimate of drug-likeness (QED) is 0.645. The molecule has 0 radical (unpaired) electrons. The van der Waals surface area contributed by atoms with Gasteiger partial charge in [-0.2, -0.15) is 0 Å². The van der Waals surface area contributed by atoms with E-state index in [1.54, 1.807) is 21.3 Å². The van der Waals surface area contributed by atoms with E-state index in [0.29, 0.717) is 11.5 Å². The van der Waals surface area contributed by atoms with E-state index in [1.165, 1.54) is 0 Å². The average Bonchev–Trinajstić information content (AvgIpc) is 2.26. The fraction of sp³-hybridized carbons (Fsp3) is 0.455. The van der Waals surface area contributed by atoms with E-state index < -0.39 is 0 Å². The van der Waals surface area contributed by atoms with Crippen molar-refractivity contribution in [2.75, 3.05) is 21.3 Å². The first-order valence-corrected chi connectivity index (χ1v) is 4.46. The van der Waals surface area contributed by atoms with E-state index in [-0.39, 0.29) is 5.92 Å². The molecule has 0 spiro atoms. The van der Waals surface area contributed by atoms with Crippen LogP contribution < -0.4 is 0 Å². The molecule has 0 aromatic heterocycles. The summed E-state index contributed by atoms with van der Waals surface area (Å²) in [6.45, 7) is 3.75. The van der Waals surface area contributed by atoms with Gasteiger partial charge in [0.05, 0.1) is 21.3 Å². The summed E-state index contributed by atoms with van der Waals surface area (Å²) in [5.41, 5.74) is 0. The second-order valence-corrected chi connectivity index (χ2v) is 3.00. The van der Waals surface area contributed by atoms with E-state index in [2.05, 4.69) is 6.58 Å².